The van der Waals surface area contributed by atoms with E-state index in [1.165, 1.54) is 23.5 Å². The summed E-state index contributed by atoms with van der Waals surface area (Å²) in [6.07, 6.45) is 0.608. The van der Waals surface area contributed by atoms with Gasteiger partial charge in [-0.15, -0.1) is 0 Å². The molecule has 0 aliphatic heterocycles. The Morgan fingerprint density at radius 3 is 2.67 bits per heavy atom. The molecule has 102 valence electrons. The van der Waals surface area contributed by atoms with Crippen molar-refractivity contribution in [3.05, 3.63) is 23.2 Å². The highest BCUT2D eigenvalue weighted by molar-refractivity contribution is 7.89. The lowest BCUT2D eigenvalue weighted by Gasteiger charge is -2.18. The number of nitrogens with zero attached hydrogens (tertiary/aromatic N) is 1. The number of nitrogen functional groups attached to an aromatic ring is 1. The van der Waals surface area contributed by atoms with Crippen molar-refractivity contribution >= 4 is 27.3 Å². The van der Waals surface area contributed by atoms with Crippen LogP contribution in [0.1, 0.15) is 6.42 Å². The van der Waals surface area contributed by atoms with Gasteiger partial charge in [-0.25, -0.2) is 12.7 Å². The summed E-state index contributed by atoms with van der Waals surface area (Å²) >= 11 is 5.91. The number of hydrogen-bond donors (Lipinski definition) is 1. The zero-order valence-electron chi connectivity index (χ0n) is 10.4. The van der Waals surface area contributed by atoms with E-state index in [0.717, 1.165) is 0 Å². The van der Waals surface area contributed by atoms with Crippen LogP contribution in [0.3, 0.4) is 0 Å². The van der Waals surface area contributed by atoms with Crippen molar-refractivity contribution < 1.29 is 13.2 Å². The third-order valence-electron chi connectivity index (χ3n) is 2.49. The fourth-order valence-corrected chi connectivity index (χ4v) is 3.34. The summed E-state index contributed by atoms with van der Waals surface area (Å²) in [5.41, 5.74) is 5.84. The van der Waals surface area contributed by atoms with Crippen LogP contribution in [0.2, 0.25) is 5.02 Å². The number of sulfonamides is 1. The maximum absolute atomic E-state index is 12.3. The van der Waals surface area contributed by atoms with Gasteiger partial charge in [0, 0.05) is 27.3 Å². The molecule has 0 unspecified atom stereocenters. The van der Waals surface area contributed by atoms with Gasteiger partial charge < -0.3 is 10.5 Å². The average molecular weight is 293 g/mol. The van der Waals surface area contributed by atoms with Gasteiger partial charge in [0.1, 0.15) is 4.90 Å². The van der Waals surface area contributed by atoms with Gasteiger partial charge in [-0.1, -0.05) is 17.7 Å². The van der Waals surface area contributed by atoms with E-state index in [4.69, 9.17) is 22.1 Å². The fraction of sp³-hybridized carbons (Fsp3) is 0.455. The monoisotopic (exact) mass is 292 g/mol. The van der Waals surface area contributed by atoms with E-state index in [1.54, 1.807) is 13.2 Å². The topological polar surface area (TPSA) is 72.6 Å². The first-order valence-corrected chi connectivity index (χ1v) is 7.22. The number of anilines is 1. The largest absolute Gasteiger partial charge is 0.398 e. The number of halogens is 1. The summed E-state index contributed by atoms with van der Waals surface area (Å²) in [6.45, 7) is 0.846. The van der Waals surface area contributed by atoms with Gasteiger partial charge in [0.2, 0.25) is 10.0 Å². The summed E-state index contributed by atoms with van der Waals surface area (Å²) in [6, 6.07) is 4.64. The highest BCUT2D eigenvalue weighted by Crippen LogP contribution is 2.29. The maximum atomic E-state index is 12.3. The lowest BCUT2D eigenvalue weighted by atomic mass is 10.3. The molecular weight excluding hydrogens is 276 g/mol. The molecule has 18 heavy (non-hydrogen) atoms. The number of hydrogen-bond acceptors (Lipinski definition) is 4. The molecule has 7 heteroatoms. The van der Waals surface area contributed by atoms with Crippen LogP contribution in [0.4, 0.5) is 5.69 Å². The minimum Gasteiger partial charge on any atom is -0.398 e. The molecule has 0 aromatic heterocycles. The smallest absolute Gasteiger partial charge is 0.246 e. The van der Waals surface area contributed by atoms with Gasteiger partial charge in [0.05, 0.1) is 10.7 Å². The van der Waals surface area contributed by atoms with Crippen molar-refractivity contribution in [1.82, 2.24) is 4.31 Å². The normalized spacial score (nSPS) is 12.0. The molecule has 0 spiro atoms. The van der Waals surface area contributed by atoms with Crippen molar-refractivity contribution in [2.24, 2.45) is 0 Å². The van der Waals surface area contributed by atoms with Crippen LogP contribution in [-0.4, -0.2) is 40.0 Å². The molecule has 0 aliphatic rings. The van der Waals surface area contributed by atoms with Gasteiger partial charge in [-0.3, -0.25) is 0 Å². The summed E-state index contributed by atoms with van der Waals surface area (Å²) < 4.78 is 30.7. The molecule has 0 heterocycles. The lowest BCUT2D eigenvalue weighted by Crippen LogP contribution is -2.29. The van der Waals surface area contributed by atoms with E-state index in [-0.39, 0.29) is 15.6 Å². The van der Waals surface area contributed by atoms with Gasteiger partial charge >= 0.3 is 0 Å². The Morgan fingerprint density at radius 2 is 2.11 bits per heavy atom. The van der Waals surface area contributed by atoms with Crippen LogP contribution >= 0.6 is 11.6 Å². The Morgan fingerprint density at radius 1 is 1.44 bits per heavy atom. The molecule has 0 aliphatic carbocycles. The number of nitrogens with two attached hydrogens (primary N) is 1. The quantitative estimate of drug-likeness (QED) is 0.638. The molecule has 1 aromatic carbocycles. The second-order valence-electron chi connectivity index (χ2n) is 3.83. The standard InChI is InChI=1S/C11H17ClN2O3S/c1-14(7-4-8-17-2)18(15,16)11-9(12)5-3-6-10(11)13/h3,5-6H,4,7-8,13H2,1-2H3. The third kappa shape index (κ3) is 3.35. The van der Waals surface area contributed by atoms with E-state index in [9.17, 15) is 8.42 Å². The minimum atomic E-state index is -3.66. The SMILES string of the molecule is COCCCN(C)S(=O)(=O)c1c(N)cccc1Cl. The Hall–Kier alpha value is -0.820. The Balaban J connectivity index is 2.99. The first-order valence-electron chi connectivity index (χ1n) is 5.40. The summed E-state index contributed by atoms with van der Waals surface area (Å²) in [5, 5.41) is 0.133. The second kappa shape index (κ2) is 6.38. The average Bonchev–Trinajstić information content (AvgIpc) is 2.28. The molecule has 2 N–H and O–H groups in total. The van der Waals surface area contributed by atoms with Crippen LogP contribution in [0.5, 0.6) is 0 Å². The summed E-state index contributed by atoms with van der Waals surface area (Å²) in [4.78, 5) is -0.0356. The highest BCUT2D eigenvalue weighted by Gasteiger charge is 2.25. The predicted octanol–water partition coefficient (Wildman–Crippen LogP) is 1.58. The Bertz CT molecular complexity index is 485. The summed E-state index contributed by atoms with van der Waals surface area (Å²) in [5.74, 6) is 0. The Labute approximate surface area is 113 Å². The van der Waals surface area contributed by atoms with Crippen LogP contribution in [0, 0.1) is 0 Å². The van der Waals surface area contributed by atoms with Crippen LogP contribution < -0.4 is 5.73 Å². The number of ether oxygens (including phenoxy) is 1. The molecule has 0 saturated heterocycles. The Kier molecular flexibility index (Phi) is 5.40. The van der Waals surface area contributed by atoms with E-state index in [2.05, 4.69) is 0 Å². The van der Waals surface area contributed by atoms with E-state index in [1.807, 2.05) is 0 Å². The number of methoxy groups -OCH3 is 1. The summed E-state index contributed by atoms with van der Waals surface area (Å²) in [7, 11) is -0.596. The molecule has 0 bridgehead atoms. The van der Waals surface area contributed by atoms with Gasteiger partial charge in [-0.05, 0) is 18.6 Å². The van der Waals surface area contributed by atoms with Crippen LogP contribution in [0.15, 0.2) is 23.1 Å². The van der Waals surface area contributed by atoms with Crippen molar-refractivity contribution in [2.75, 3.05) is 33.0 Å². The van der Waals surface area contributed by atoms with Crippen molar-refractivity contribution in [3.63, 3.8) is 0 Å². The molecule has 1 aromatic rings. The van der Waals surface area contributed by atoms with Gasteiger partial charge in [0.25, 0.3) is 0 Å². The van der Waals surface area contributed by atoms with Gasteiger partial charge in [0.15, 0.2) is 0 Å². The molecule has 1 rings (SSSR count). The molecule has 0 fully saturated rings. The van der Waals surface area contributed by atoms with E-state index < -0.39 is 10.0 Å². The molecule has 0 radical (unpaired) electrons. The van der Waals surface area contributed by atoms with Crippen LogP contribution in [-0.2, 0) is 14.8 Å². The maximum Gasteiger partial charge on any atom is 0.246 e. The first-order chi connectivity index (χ1) is 8.41. The molecule has 5 nitrogen and oxygen atoms in total. The van der Waals surface area contributed by atoms with E-state index >= 15 is 0 Å². The molecular formula is C11H17ClN2O3S. The van der Waals surface area contributed by atoms with Crippen molar-refractivity contribution in [1.29, 1.82) is 0 Å². The van der Waals surface area contributed by atoms with E-state index in [0.29, 0.717) is 19.6 Å². The lowest BCUT2D eigenvalue weighted by molar-refractivity contribution is 0.189. The highest BCUT2D eigenvalue weighted by atomic mass is 35.5. The zero-order chi connectivity index (χ0) is 13.8. The predicted molar refractivity (Wildman–Crippen MR) is 72.2 cm³/mol. The zero-order valence-corrected chi connectivity index (χ0v) is 12.0. The molecule has 0 atom stereocenters. The number of benzene rings is 1. The number of rotatable bonds is 6. The van der Waals surface area contributed by atoms with Crippen LogP contribution in [0.25, 0.3) is 0 Å². The fourth-order valence-electron chi connectivity index (χ4n) is 1.51. The first kappa shape index (κ1) is 15.2. The molecule has 0 saturated carbocycles. The molecule has 0 amide bonds. The van der Waals surface area contributed by atoms with Crippen molar-refractivity contribution in [3.8, 4) is 0 Å². The van der Waals surface area contributed by atoms with Gasteiger partial charge in [-0.2, -0.15) is 0 Å². The third-order valence-corrected chi connectivity index (χ3v) is 4.89. The minimum absolute atomic E-state index is 0.0356. The second-order valence-corrected chi connectivity index (χ2v) is 6.22. The van der Waals surface area contributed by atoms with Crippen molar-refractivity contribution in [2.45, 2.75) is 11.3 Å².